The highest BCUT2D eigenvalue weighted by molar-refractivity contribution is 9.10. The van der Waals surface area contributed by atoms with E-state index in [-0.39, 0.29) is 24.0 Å². The standard InChI is InChI=1S/C19H18BrF3N6O/c1-27(10-15-24-8-9-28(15)11-19(21,22)23)18(30)16-17(12-2-3-12)29(26-25-16)14-6-4-13(20)5-7-14/h4-9,12H,2-3,10-11H2,1H3. The monoisotopic (exact) mass is 482 g/mol. The molecule has 30 heavy (non-hydrogen) atoms. The molecule has 0 bridgehead atoms. The summed E-state index contributed by atoms with van der Waals surface area (Å²) in [6, 6.07) is 7.50. The van der Waals surface area contributed by atoms with Crippen molar-refractivity contribution in [3.05, 3.63) is 58.3 Å². The number of benzene rings is 1. The number of halogens is 4. The number of amides is 1. The van der Waals surface area contributed by atoms with Gasteiger partial charge in [-0.05, 0) is 37.1 Å². The molecule has 0 radical (unpaired) electrons. The lowest BCUT2D eigenvalue weighted by Gasteiger charge is -2.18. The zero-order valence-electron chi connectivity index (χ0n) is 16.0. The maximum Gasteiger partial charge on any atom is 0.406 e. The Morgan fingerprint density at radius 1 is 1.27 bits per heavy atom. The molecule has 7 nitrogen and oxygen atoms in total. The van der Waals surface area contributed by atoms with Crippen LogP contribution in [-0.2, 0) is 13.1 Å². The fraction of sp³-hybridized carbons (Fsp3) is 0.368. The zero-order chi connectivity index (χ0) is 21.5. The van der Waals surface area contributed by atoms with Gasteiger partial charge in [-0.15, -0.1) is 5.10 Å². The highest BCUT2D eigenvalue weighted by atomic mass is 79.9. The van der Waals surface area contributed by atoms with Gasteiger partial charge in [-0.2, -0.15) is 13.2 Å². The van der Waals surface area contributed by atoms with Gasteiger partial charge >= 0.3 is 6.18 Å². The second kappa shape index (κ2) is 7.86. The Morgan fingerprint density at radius 2 is 1.97 bits per heavy atom. The number of carbonyl (C=O) groups excluding carboxylic acids is 1. The largest absolute Gasteiger partial charge is 0.406 e. The van der Waals surface area contributed by atoms with Crippen LogP contribution in [0.5, 0.6) is 0 Å². The summed E-state index contributed by atoms with van der Waals surface area (Å²) in [5.41, 5.74) is 1.74. The summed E-state index contributed by atoms with van der Waals surface area (Å²) in [7, 11) is 1.52. The van der Waals surface area contributed by atoms with Crippen molar-refractivity contribution in [3.63, 3.8) is 0 Å². The molecule has 11 heteroatoms. The number of hydrogen-bond acceptors (Lipinski definition) is 4. The van der Waals surface area contributed by atoms with Crippen LogP contribution in [-0.4, -0.2) is 48.6 Å². The van der Waals surface area contributed by atoms with Gasteiger partial charge in [-0.1, -0.05) is 21.1 Å². The van der Waals surface area contributed by atoms with E-state index in [2.05, 4.69) is 31.2 Å². The van der Waals surface area contributed by atoms with Gasteiger partial charge in [0.1, 0.15) is 12.4 Å². The Labute approximate surface area is 178 Å². The summed E-state index contributed by atoms with van der Waals surface area (Å²) < 4.78 is 41.8. The number of rotatable bonds is 6. The molecule has 2 heterocycles. The minimum Gasteiger partial charge on any atom is -0.333 e. The topological polar surface area (TPSA) is 68.8 Å². The first-order valence-electron chi connectivity index (χ1n) is 9.26. The summed E-state index contributed by atoms with van der Waals surface area (Å²) in [4.78, 5) is 18.3. The Bertz CT molecular complexity index is 1060. The van der Waals surface area contributed by atoms with E-state index < -0.39 is 18.6 Å². The van der Waals surface area contributed by atoms with Crippen LogP contribution in [0.25, 0.3) is 5.69 Å². The third kappa shape index (κ3) is 4.40. The minimum absolute atomic E-state index is 0.0723. The normalized spacial score (nSPS) is 14.2. The highest BCUT2D eigenvalue weighted by Crippen LogP contribution is 2.42. The van der Waals surface area contributed by atoms with Gasteiger partial charge in [0.2, 0.25) is 0 Å². The third-order valence-electron chi connectivity index (χ3n) is 4.82. The smallest absolute Gasteiger partial charge is 0.333 e. The van der Waals surface area contributed by atoms with Crippen molar-refractivity contribution in [2.45, 2.75) is 38.0 Å². The van der Waals surface area contributed by atoms with E-state index >= 15 is 0 Å². The van der Waals surface area contributed by atoms with Crippen LogP contribution in [0.2, 0.25) is 0 Å². The van der Waals surface area contributed by atoms with E-state index in [1.165, 1.54) is 24.3 Å². The SMILES string of the molecule is CN(Cc1nccn1CC(F)(F)F)C(=O)c1nnn(-c2ccc(Br)cc2)c1C1CC1. The first-order valence-corrected chi connectivity index (χ1v) is 10.1. The Kier molecular flexibility index (Phi) is 5.39. The van der Waals surface area contributed by atoms with Crippen molar-refractivity contribution in [2.24, 2.45) is 0 Å². The first kappa shape index (κ1) is 20.6. The van der Waals surface area contributed by atoms with E-state index in [9.17, 15) is 18.0 Å². The predicted molar refractivity (Wildman–Crippen MR) is 105 cm³/mol. The van der Waals surface area contributed by atoms with Crippen molar-refractivity contribution in [2.75, 3.05) is 7.05 Å². The number of carbonyl (C=O) groups is 1. The van der Waals surface area contributed by atoms with Crippen LogP contribution in [0, 0.1) is 0 Å². The van der Waals surface area contributed by atoms with Crippen molar-refractivity contribution in [3.8, 4) is 5.69 Å². The van der Waals surface area contributed by atoms with Gasteiger partial charge in [0.15, 0.2) is 5.69 Å². The lowest BCUT2D eigenvalue weighted by molar-refractivity contribution is -0.141. The summed E-state index contributed by atoms with van der Waals surface area (Å²) >= 11 is 3.39. The van der Waals surface area contributed by atoms with Crippen molar-refractivity contribution >= 4 is 21.8 Å². The van der Waals surface area contributed by atoms with E-state index in [0.717, 1.165) is 33.3 Å². The van der Waals surface area contributed by atoms with Gasteiger partial charge in [0, 0.05) is 29.8 Å². The molecule has 4 rings (SSSR count). The molecule has 158 valence electrons. The molecule has 1 aromatic carbocycles. The van der Waals surface area contributed by atoms with Crippen LogP contribution < -0.4 is 0 Å². The van der Waals surface area contributed by atoms with Crippen molar-refractivity contribution in [1.82, 2.24) is 29.4 Å². The van der Waals surface area contributed by atoms with E-state index in [1.54, 1.807) is 4.68 Å². The van der Waals surface area contributed by atoms with E-state index in [4.69, 9.17) is 0 Å². The van der Waals surface area contributed by atoms with Gasteiger partial charge in [0.25, 0.3) is 5.91 Å². The number of alkyl halides is 3. The first-order chi connectivity index (χ1) is 14.2. The average Bonchev–Trinajstić information content (AvgIpc) is 3.29. The molecule has 1 saturated carbocycles. The second-order valence-corrected chi connectivity index (χ2v) is 8.15. The predicted octanol–water partition coefficient (Wildman–Crippen LogP) is 3.94. The molecule has 0 N–H and O–H groups in total. The second-order valence-electron chi connectivity index (χ2n) is 7.23. The molecule has 1 aliphatic carbocycles. The molecular weight excluding hydrogens is 465 g/mol. The maximum absolute atomic E-state index is 13.1. The van der Waals surface area contributed by atoms with Crippen LogP contribution in [0.4, 0.5) is 13.2 Å². The molecule has 0 aliphatic heterocycles. The summed E-state index contributed by atoms with van der Waals surface area (Å²) in [6.45, 7) is -1.23. The quantitative estimate of drug-likeness (QED) is 0.533. The maximum atomic E-state index is 13.1. The van der Waals surface area contributed by atoms with Crippen LogP contribution in [0.1, 0.15) is 40.8 Å². The number of imidazole rings is 1. The van der Waals surface area contributed by atoms with E-state index in [0.29, 0.717) is 0 Å². The molecular formula is C19H18BrF3N6O. The fourth-order valence-electron chi connectivity index (χ4n) is 3.23. The molecule has 1 amide bonds. The lowest BCUT2D eigenvalue weighted by Crippen LogP contribution is -2.30. The zero-order valence-corrected chi connectivity index (χ0v) is 17.6. The Hall–Kier alpha value is -2.69. The number of nitrogens with zero attached hydrogens (tertiary/aromatic N) is 6. The van der Waals surface area contributed by atoms with Crippen LogP contribution in [0.3, 0.4) is 0 Å². The summed E-state index contributed by atoms with van der Waals surface area (Å²) in [6.07, 6.45) is 0.0394. The van der Waals surface area contributed by atoms with Gasteiger partial charge < -0.3 is 9.47 Å². The molecule has 0 atom stereocenters. The third-order valence-corrected chi connectivity index (χ3v) is 5.35. The average molecular weight is 483 g/mol. The van der Waals surface area contributed by atoms with Gasteiger partial charge in [0.05, 0.1) is 17.9 Å². The summed E-state index contributed by atoms with van der Waals surface area (Å²) in [5.74, 6) is -0.0681. The molecule has 1 aliphatic rings. The molecule has 3 aromatic rings. The van der Waals surface area contributed by atoms with Gasteiger partial charge in [-0.25, -0.2) is 9.67 Å². The molecule has 0 unspecified atom stereocenters. The Balaban J connectivity index is 1.58. The summed E-state index contributed by atoms with van der Waals surface area (Å²) in [5, 5.41) is 8.29. The Morgan fingerprint density at radius 3 is 2.60 bits per heavy atom. The van der Waals surface area contributed by atoms with Gasteiger partial charge in [-0.3, -0.25) is 4.79 Å². The van der Waals surface area contributed by atoms with Crippen LogP contribution >= 0.6 is 15.9 Å². The fourth-order valence-corrected chi connectivity index (χ4v) is 3.50. The van der Waals surface area contributed by atoms with E-state index in [1.807, 2.05) is 24.3 Å². The molecule has 0 spiro atoms. The minimum atomic E-state index is -4.37. The molecule has 0 saturated heterocycles. The van der Waals surface area contributed by atoms with Crippen molar-refractivity contribution < 1.29 is 18.0 Å². The highest BCUT2D eigenvalue weighted by Gasteiger charge is 2.35. The number of hydrogen-bond donors (Lipinski definition) is 0. The molecule has 1 fully saturated rings. The lowest BCUT2D eigenvalue weighted by atomic mass is 10.2. The number of aromatic nitrogens is 5. The van der Waals surface area contributed by atoms with Crippen LogP contribution in [0.15, 0.2) is 41.1 Å². The molecule has 2 aromatic heterocycles. The van der Waals surface area contributed by atoms with Crippen molar-refractivity contribution in [1.29, 1.82) is 0 Å².